The molecule has 4 rings (SSSR count). The average molecular weight is 451 g/mol. The molecule has 2 N–H and O–H groups in total. The van der Waals surface area contributed by atoms with Gasteiger partial charge in [0.25, 0.3) is 0 Å². The summed E-state index contributed by atoms with van der Waals surface area (Å²) in [6.07, 6.45) is 0.489. The molecule has 2 atom stereocenters. The second-order valence-electron chi connectivity index (χ2n) is 6.97. The van der Waals surface area contributed by atoms with Crippen molar-refractivity contribution in [2.45, 2.75) is 25.6 Å². The normalized spacial score (nSPS) is 18.9. The largest absolute Gasteiger partial charge is 0.508 e. The zero-order valence-corrected chi connectivity index (χ0v) is 17.8. The summed E-state index contributed by atoms with van der Waals surface area (Å²) in [5.74, 6) is 1.15. The molecule has 0 radical (unpaired) electrons. The van der Waals surface area contributed by atoms with Crippen LogP contribution in [0.1, 0.15) is 42.2 Å². The minimum Gasteiger partial charge on any atom is -0.508 e. The summed E-state index contributed by atoms with van der Waals surface area (Å²) in [5.41, 5.74) is 4.02. The van der Waals surface area contributed by atoms with Gasteiger partial charge in [-0.2, -0.15) is 0 Å². The van der Waals surface area contributed by atoms with Crippen LogP contribution in [-0.2, 0) is 0 Å². The van der Waals surface area contributed by atoms with Crippen molar-refractivity contribution < 1.29 is 9.84 Å². The first kappa shape index (κ1) is 19.7. The molecule has 148 valence electrons. The molecule has 0 saturated carbocycles. The van der Waals surface area contributed by atoms with Crippen LogP contribution >= 0.6 is 15.9 Å². The van der Waals surface area contributed by atoms with Crippen molar-refractivity contribution in [2.75, 3.05) is 6.61 Å². The number of phenols is 1. The molecule has 3 aromatic carbocycles. The maximum Gasteiger partial charge on any atom is 0.126 e. The van der Waals surface area contributed by atoms with Crippen molar-refractivity contribution >= 4 is 21.6 Å². The van der Waals surface area contributed by atoms with E-state index in [1.807, 2.05) is 49.4 Å². The average Bonchev–Trinajstić information content (AvgIpc) is 2.74. The van der Waals surface area contributed by atoms with E-state index in [1.54, 1.807) is 6.07 Å². The predicted octanol–water partition coefficient (Wildman–Crippen LogP) is 5.78. The molecule has 3 aromatic rings. The highest BCUT2D eigenvalue weighted by Gasteiger charge is 2.27. The second kappa shape index (κ2) is 8.80. The highest BCUT2D eigenvalue weighted by molar-refractivity contribution is 9.10. The number of phenolic OH excluding ortho intramolecular Hbond substituents is 1. The fourth-order valence-corrected chi connectivity index (χ4v) is 4.04. The summed E-state index contributed by atoms with van der Waals surface area (Å²) in [6.45, 7) is 2.62. The molecule has 0 amide bonds. The lowest BCUT2D eigenvalue weighted by Crippen LogP contribution is -2.33. The van der Waals surface area contributed by atoms with Crippen LogP contribution in [-0.4, -0.2) is 17.4 Å². The zero-order valence-electron chi connectivity index (χ0n) is 16.2. The number of benzene rings is 3. The number of nitrogens with one attached hydrogen (secondary N) is 1. The van der Waals surface area contributed by atoms with Crippen molar-refractivity contribution in [1.82, 2.24) is 5.32 Å². The Hall–Kier alpha value is -2.63. The Kier molecular flexibility index (Phi) is 5.97. The highest BCUT2D eigenvalue weighted by atomic mass is 79.9. The molecule has 0 aliphatic carbocycles. The summed E-state index contributed by atoms with van der Waals surface area (Å²) in [4.78, 5) is 5.01. The monoisotopic (exact) mass is 450 g/mol. The van der Waals surface area contributed by atoms with Crippen LogP contribution in [0, 0.1) is 0 Å². The van der Waals surface area contributed by atoms with Crippen molar-refractivity contribution in [2.24, 2.45) is 4.99 Å². The second-order valence-corrected chi connectivity index (χ2v) is 7.89. The Morgan fingerprint density at radius 2 is 1.86 bits per heavy atom. The number of aliphatic imine (C=N–C) groups is 1. The quantitative estimate of drug-likeness (QED) is 0.518. The van der Waals surface area contributed by atoms with Gasteiger partial charge in [-0.15, -0.1) is 0 Å². The molecule has 29 heavy (non-hydrogen) atoms. The number of hydrogen-bond acceptors (Lipinski definition) is 4. The summed E-state index contributed by atoms with van der Waals surface area (Å²) < 4.78 is 6.58. The van der Waals surface area contributed by atoms with Crippen LogP contribution in [0.15, 0.2) is 82.3 Å². The lowest BCUT2D eigenvalue weighted by molar-refractivity contribution is 0.340. The number of hydrogen-bond donors (Lipinski definition) is 2. The van der Waals surface area contributed by atoms with Gasteiger partial charge in [0, 0.05) is 28.2 Å². The van der Waals surface area contributed by atoms with Crippen molar-refractivity contribution in [3.63, 3.8) is 0 Å². The molecule has 0 aromatic heterocycles. The van der Waals surface area contributed by atoms with E-state index in [2.05, 4.69) is 45.5 Å². The summed E-state index contributed by atoms with van der Waals surface area (Å²) in [6, 6.07) is 23.7. The first-order valence-electron chi connectivity index (χ1n) is 9.73. The van der Waals surface area contributed by atoms with Crippen LogP contribution in [0.25, 0.3) is 0 Å². The molecule has 0 bridgehead atoms. The van der Waals surface area contributed by atoms with Gasteiger partial charge >= 0.3 is 0 Å². The number of halogens is 1. The van der Waals surface area contributed by atoms with Crippen LogP contribution in [0.4, 0.5) is 0 Å². The van der Waals surface area contributed by atoms with E-state index in [-0.39, 0.29) is 12.2 Å². The van der Waals surface area contributed by atoms with Gasteiger partial charge in [-0.05, 0) is 60.5 Å². The lowest BCUT2D eigenvalue weighted by Gasteiger charge is -2.31. The third-order valence-corrected chi connectivity index (χ3v) is 5.51. The molecule has 4 nitrogen and oxygen atoms in total. The zero-order chi connectivity index (χ0) is 20.2. The Labute approximate surface area is 179 Å². The molecule has 1 heterocycles. The van der Waals surface area contributed by atoms with E-state index in [9.17, 15) is 5.11 Å². The fourth-order valence-electron chi connectivity index (χ4n) is 3.62. The maximum absolute atomic E-state index is 10.4. The van der Waals surface area contributed by atoms with Crippen LogP contribution in [0.5, 0.6) is 11.5 Å². The molecule has 1 aliphatic rings. The third kappa shape index (κ3) is 4.52. The first-order valence-corrected chi connectivity index (χ1v) is 10.5. The van der Waals surface area contributed by atoms with Gasteiger partial charge in [-0.3, -0.25) is 10.3 Å². The van der Waals surface area contributed by atoms with Crippen LogP contribution < -0.4 is 10.1 Å². The Bertz CT molecular complexity index is 1020. The molecule has 0 unspecified atom stereocenters. The summed E-state index contributed by atoms with van der Waals surface area (Å²) in [7, 11) is 0. The number of rotatable bonds is 5. The number of para-hydroxylation sites is 1. The summed E-state index contributed by atoms with van der Waals surface area (Å²) in [5, 5.41) is 14.0. The van der Waals surface area contributed by atoms with Gasteiger partial charge in [0.2, 0.25) is 0 Å². The van der Waals surface area contributed by atoms with E-state index < -0.39 is 0 Å². The van der Waals surface area contributed by atoms with Crippen LogP contribution in [0.2, 0.25) is 0 Å². The Balaban J connectivity index is 1.72. The van der Waals surface area contributed by atoms with E-state index in [4.69, 9.17) is 9.73 Å². The molecule has 1 aliphatic heterocycles. The molecule has 0 saturated heterocycles. The van der Waals surface area contributed by atoms with Crippen molar-refractivity contribution in [3.05, 3.63) is 94.0 Å². The third-order valence-electron chi connectivity index (χ3n) is 5.02. The maximum atomic E-state index is 10.4. The van der Waals surface area contributed by atoms with E-state index in [0.717, 1.165) is 32.6 Å². The number of ether oxygens (including phenoxy) is 1. The van der Waals surface area contributed by atoms with Gasteiger partial charge in [0.15, 0.2) is 0 Å². The van der Waals surface area contributed by atoms with Gasteiger partial charge < -0.3 is 9.84 Å². The van der Waals surface area contributed by atoms with Gasteiger partial charge in [0.1, 0.15) is 17.7 Å². The Morgan fingerprint density at radius 1 is 1.07 bits per heavy atom. The topological polar surface area (TPSA) is 53.8 Å². The molecule has 5 heteroatoms. The van der Waals surface area contributed by atoms with E-state index in [1.165, 1.54) is 0 Å². The smallest absolute Gasteiger partial charge is 0.126 e. The van der Waals surface area contributed by atoms with E-state index >= 15 is 0 Å². The Morgan fingerprint density at radius 3 is 2.59 bits per heavy atom. The van der Waals surface area contributed by atoms with Crippen LogP contribution in [0.3, 0.4) is 0 Å². The predicted molar refractivity (Wildman–Crippen MR) is 120 cm³/mol. The standard InChI is InChI=1S/C24H23BrN2O2/c1-2-29-19-12-10-16(11-13-19)21-15-22(20-8-3-4-9-23(20)28)27-24(26-21)17-6-5-7-18(25)14-17/h3-14,22,24,27-28H,2,15H2,1H3/t22-,24+/m0/s1. The SMILES string of the molecule is CCOc1ccc(C2=N[C@@H](c3cccc(Br)c3)N[C@H](c3ccccc3O)C2)cc1. The lowest BCUT2D eigenvalue weighted by atomic mass is 9.93. The molecular weight excluding hydrogens is 428 g/mol. The minimum atomic E-state index is -0.201. The number of nitrogens with zero attached hydrogens (tertiary/aromatic N) is 1. The van der Waals surface area contributed by atoms with Crippen molar-refractivity contribution in [1.29, 1.82) is 0 Å². The van der Waals surface area contributed by atoms with Crippen molar-refractivity contribution in [3.8, 4) is 11.5 Å². The summed E-state index contributed by atoms with van der Waals surface area (Å²) >= 11 is 3.55. The van der Waals surface area contributed by atoms with E-state index in [0.29, 0.717) is 18.8 Å². The van der Waals surface area contributed by atoms with Gasteiger partial charge in [-0.1, -0.05) is 46.3 Å². The fraction of sp³-hybridized carbons (Fsp3) is 0.208. The van der Waals surface area contributed by atoms with Gasteiger partial charge in [0.05, 0.1) is 6.61 Å². The first-order chi connectivity index (χ1) is 14.1. The van der Waals surface area contributed by atoms with Gasteiger partial charge in [-0.25, -0.2) is 0 Å². The molecule has 0 fully saturated rings. The highest BCUT2D eigenvalue weighted by Crippen LogP contribution is 2.35. The molecule has 0 spiro atoms. The molecular formula is C24H23BrN2O2. The number of aromatic hydroxyl groups is 1. The minimum absolute atomic E-state index is 0.0424.